The number of carbonyl (C=O) groups is 2. The summed E-state index contributed by atoms with van der Waals surface area (Å²) in [4.78, 5) is 22.4. The van der Waals surface area contributed by atoms with E-state index in [-0.39, 0.29) is 30.4 Å². The second-order valence-corrected chi connectivity index (χ2v) is 8.43. The van der Waals surface area contributed by atoms with Crippen LogP contribution in [0.25, 0.3) is 0 Å². The minimum atomic E-state index is -0.464. The first-order valence-corrected chi connectivity index (χ1v) is 13.0. The van der Waals surface area contributed by atoms with Crippen LogP contribution in [0.2, 0.25) is 0 Å². The van der Waals surface area contributed by atoms with Crippen LogP contribution in [-0.2, 0) is 28.1 Å². The van der Waals surface area contributed by atoms with E-state index in [2.05, 4.69) is 49.7 Å². The molecule has 0 aliphatic rings. The van der Waals surface area contributed by atoms with Crippen molar-refractivity contribution in [2.75, 3.05) is 24.6 Å². The second kappa shape index (κ2) is 28.2. The Morgan fingerprint density at radius 3 is 1.23 bits per heavy atom. The summed E-state index contributed by atoms with van der Waals surface area (Å²) in [5.74, 6) is 0.641. The molecule has 1 radical (unpaired) electrons. The Bertz CT molecular complexity index is 372. The summed E-state index contributed by atoms with van der Waals surface area (Å²) in [6, 6.07) is -0.929. The Morgan fingerprint density at radius 2 is 0.935 bits per heavy atom. The number of unbranched alkanes of at least 4 members (excludes halogenated alkanes) is 10. The Hall–Kier alpha value is 0.144. The molecule has 0 aliphatic heterocycles. The van der Waals surface area contributed by atoms with Gasteiger partial charge in [-0.3, -0.25) is 9.59 Å². The van der Waals surface area contributed by atoms with Crippen molar-refractivity contribution in [2.24, 2.45) is 11.5 Å². The Kier molecular flexibility index (Phi) is 32.5. The van der Waals surface area contributed by atoms with E-state index in [9.17, 15) is 9.59 Å². The monoisotopic (exact) mass is 515 g/mol. The maximum atomic E-state index is 11.2. The Morgan fingerprint density at radius 1 is 0.645 bits per heavy atom. The predicted octanol–water partition coefficient (Wildman–Crippen LogP) is 3.44. The van der Waals surface area contributed by atoms with Crippen LogP contribution in [-0.4, -0.2) is 48.5 Å². The van der Waals surface area contributed by atoms with Crippen molar-refractivity contribution in [3.8, 4) is 0 Å². The predicted molar refractivity (Wildman–Crippen MR) is 136 cm³/mol. The van der Waals surface area contributed by atoms with Crippen LogP contribution in [0.15, 0.2) is 0 Å². The molecule has 0 saturated carbocycles. The van der Waals surface area contributed by atoms with E-state index in [0.717, 1.165) is 25.9 Å². The number of amides is 2. The molecular formula is C22H48N4O2S2V. The fourth-order valence-corrected chi connectivity index (χ4v) is 2.99. The Balaban J connectivity index is -0.000000490. The van der Waals surface area contributed by atoms with Gasteiger partial charge >= 0.3 is 0 Å². The molecule has 0 aromatic carbocycles. The summed E-state index contributed by atoms with van der Waals surface area (Å²) in [6.45, 7) is 5.90. The minimum absolute atomic E-state index is 0. The van der Waals surface area contributed by atoms with Crippen molar-refractivity contribution in [2.45, 2.75) is 103 Å². The molecular weight excluding hydrogens is 467 g/mol. The second-order valence-electron chi connectivity index (χ2n) is 7.70. The summed E-state index contributed by atoms with van der Waals surface area (Å²) >= 11 is 7.94. The summed E-state index contributed by atoms with van der Waals surface area (Å²) in [5, 5.41) is 5.62. The van der Waals surface area contributed by atoms with Gasteiger partial charge in [0.15, 0.2) is 0 Å². The summed E-state index contributed by atoms with van der Waals surface area (Å²) in [7, 11) is 0. The quantitative estimate of drug-likeness (QED) is 0.124. The van der Waals surface area contributed by atoms with Gasteiger partial charge in [0, 0.05) is 43.2 Å². The van der Waals surface area contributed by atoms with Crippen molar-refractivity contribution in [1.29, 1.82) is 0 Å². The van der Waals surface area contributed by atoms with Gasteiger partial charge in [-0.2, -0.15) is 25.3 Å². The molecule has 0 aliphatic carbocycles. The van der Waals surface area contributed by atoms with Crippen molar-refractivity contribution >= 4 is 37.1 Å². The molecule has 0 aromatic rings. The van der Waals surface area contributed by atoms with Gasteiger partial charge in [-0.05, 0) is 12.8 Å². The van der Waals surface area contributed by atoms with Gasteiger partial charge < -0.3 is 22.1 Å². The first kappa shape index (κ1) is 35.7. The van der Waals surface area contributed by atoms with Crippen molar-refractivity contribution < 1.29 is 28.1 Å². The SMILES string of the molecule is CCCCCCCCNC(=O)[C@@H](N)CS.CCCCCCCCNC(=O)[C@H](N)CS.[V]. The van der Waals surface area contributed by atoms with Crippen LogP contribution < -0.4 is 22.1 Å². The fourth-order valence-electron chi connectivity index (χ4n) is 2.66. The van der Waals surface area contributed by atoms with Crippen LogP contribution in [0.3, 0.4) is 0 Å². The molecule has 0 rings (SSSR count). The van der Waals surface area contributed by atoms with E-state index in [1.54, 1.807) is 0 Å². The zero-order valence-corrected chi connectivity index (χ0v) is 23.0. The third-order valence-electron chi connectivity index (χ3n) is 4.73. The Labute approximate surface area is 214 Å². The molecule has 0 saturated heterocycles. The maximum absolute atomic E-state index is 11.2. The third kappa shape index (κ3) is 26.3. The van der Waals surface area contributed by atoms with E-state index >= 15 is 0 Å². The third-order valence-corrected chi connectivity index (χ3v) is 5.51. The molecule has 2 amide bonds. The van der Waals surface area contributed by atoms with Crippen LogP contribution >= 0.6 is 25.3 Å². The number of thiol groups is 2. The fraction of sp³-hybridized carbons (Fsp3) is 0.909. The summed E-state index contributed by atoms with van der Waals surface area (Å²) < 4.78 is 0. The number of carbonyl (C=O) groups excluding carboxylic acids is 2. The maximum Gasteiger partial charge on any atom is 0.237 e. The number of rotatable bonds is 18. The molecule has 0 unspecified atom stereocenters. The van der Waals surface area contributed by atoms with E-state index < -0.39 is 12.1 Å². The van der Waals surface area contributed by atoms with Gasteiger partial charge in [0.25, 0.3) is 0 Å². The van der Waals surface area contributed by atoms with Gasteiger partial charge in [-0.1, -0.05) is 78.1 Å². The molecule has 6 nitrogen and oxygen atoms in total. The average molecular weight is 516 g/mol. The van der Waals surface area contributed by atoms with Gasteiger partial charge in [0.2, 0.25) is 11.8 Å². The van der Waals surface area contributed by atoms with Crippen LogP contribution in [0.1, 0.15) is 90.9 Å². The molecule has 0 bridgehead atoms. The summed E-state index contributed by atoms with van der Waals surface area (Å²) in [5.41, 5.74) is 11.0. The molecule has 6 N–H and O–H groups in total. The van der Waals surface area contributed by atoms with E-state index in [0.29, 0.717) is 11.5 Å². The van der Waals surface area contributed by atoms with Gasteiger partial charge in [-0.15, -0.1) is 0 Å². The number of hydrogen-bond donors (Lipinski definition) is 6. The molecule has 0 spiro atoms. The smallest absolute Gasteiger partial charge is 0.237 e. The van der Waals surface area contributed by atoms with Gasteiger partial charge in [-0.25, -0.2) is 0 Å². The van der Waals surface area contributed by atoms with Gasteiger partial charge in [0.1, 0.15) is 0 Å². The minimum Gasteiger partial charge on any atom is -0.355 e. The topological polar surface area (TPSA) is 110 Å². The van der Waals surface area contributed by atoms with E-state index in [1.807, 2.05) is 0 Å². The first-order chi connectivity index (χ1) is 14.4. The summed E-state index contributed by atoms with van der Waals surface area (Å²) in [6.07, 6.45) is 14.8. The molecule has 31 heavy (non-hydrogen) atoms. The number of nitrogens with one attached hydrogen (secondary N) is 2. The molecule has 0 heterocycles. The van der Waals surface area contributed by atoms with E-state index in [1.165, 1.54) is 64.2 Å². The molecule has 0 aromatic heterocycles. The number of hydrogen-bond acceptors (Lipinski definition) is 6. The van der Waals surface area contributed by atoms with Gasteiger partial charge in [0.05, 0.1) is 12.1 Å². The molecule has 2 atom stereocenters. The molecule has 185 valence electrons. The zero-order valence-electron chi connectivity index (χ0n) is 19.8. The van der Waals surface area contributed by atoms with Crippen molar-refractivity contribution in [1.82, 2.24) is 10.6 Å². The molecule has 0 fully saturated rings. The largest absolute Gasteiger partial charge is 0.355 e. The van der Waals surface area contributed by atoms with Crippen LogP contribution in [0.5, 0.6) is 0 Å². The van der Waals surface area contributed by atoms with Crippen LogP contribution in [0.4, 0.5) is 0 Å². The molecule has 9 heteroatoms. The standard InChI is InChI=1S/2C11H24N2OS.V/c2*1-2-3-4-5-6-7-8-13-11(14)10(12)9-15;/h2*10,15H,2-9,12H2,1H3,(H,13,14);/t2*10-;/m10./s1. The zero-order chi connectivity index (χ0) is 23.0. The average Bonchev–Trinajstić information content (AvgIpc) is 2.76. The van der Waals surface area contributed by atoms with Crippen molar-refractivity contribution in [3.05, 3.63) is 0 Å². The first-order valence-electron chi connectivity index (χ1n) is 11.7. The van der Waals surface area contributed by atoms with Crippen LogP contribution in [0, 0.1) is 0 Å². The van der Waals surface area contributed by atoms with Crippen molar-refractivity contribution in [3.63, 3.8) is 0 Å². The van der Waals surface area contributed by atoms with E-state index in [4.69, 9.17) is 11.5 Å². The normalized spacial score (nSPS) is 12.1. The number of nitrogens with two attached hydrogens (primary N) is 2.